The largest absolute Gasteiger partial charge is 0.391 e. The van der Waals surface area contributed by atoms with Gasteiger partial charge in [-0.05, 0) is 17.5 Å². The lowest BCUT2D eigenvalue weighted by molar-refractivity contribution is -0.116. The number of aliphatic hydroxyl groups is 1. The van der Waals surface area contributed by atoms with Crippen molar-refractivity contribution in [2.45, 2.75) is 31.3 Å². The van der Waals surface area contributed by atoms with Gasteiger partial charge in [0.05, 0.1) is 24.7 Å². The lowest BCUT2D eigenvalue weighted by Gasteiger charge is -2.45. The monoisotopic (exact) mass is 235 g/mol. The minimum Gasteiger partial charge on any atom is -0.391 e. The Hall–Kier alpha value is -0.900. The summed E-state index contributed by atoms with van der Waals surface area (Å²) in [5.41, 5.74) is 7.78. The van der Waals surface area contributed by atoms with Crippen LogP contribution in [0.4, 0.5) is 0 Å². The highest BCUT2D eigenvalue weighted by Crippen LogP contribution is 2.35. The molecule has 1 saturated heterocycles. The number of nitrogens with two attached hydrogens (primary N) is 1. The Morgan fingerprint density at radius 2 is 2.00 bits per heavy atom. The number of benzene rings is 1. The molecule has 0 saturated carbocycles. The molecule has 1 aliphatic heterocycles. The van der Waals surface area contributed by atoms with Crippen LogP contribution in [0.3, 0.4) is 0 Å². The first-order valence-electron chi connectivity index (χ1n) is 6.28. The normalized spacial score (nSPS) is 19.7. The molecule has 0 amide bonds. The van der Waals surface area contributed by atoms with Gasteiger partial charge in [0.25, 0.3) is 0 Å². The van der Waals surface area contributed by atoms with Crippen LogP contribution in [-0.4, -0.2) is 31.0 Å². The summed E-state index contributed by atoms with van der Waals surface area (Å²) in [6, 6.07) is 8.49. The van der Waals surface area contributed by atoms with E-state index in [2.05, 4.69) is 31.2 Å². The summed E-state index contributed by atoms with van der Waals surface area (Å²) >= 11 is 0. The second kappa shape index (κ2) is 5.17. The average Bonchev–Trinajstić information content (AvgIpc) is 2.30. The van der Waals surface area contributed by atoms with Crippen LogP contribution in [0, 0.1) is 0 Å². The summed E-state index contributed by atoms with van der Waals surface area (Å²) < 4.78 is 5.28. The number of rotatable bonds is 5. The van der Waals surface area contributed by atoms with Gasteiger partial charge in [-0.25, -0.2) is 0 Å². The maximum atomic E-state index is 10.0. The third-order valence-electron chi connectivity index (χ3n) is 3.65. The molecule has 2 rings (SSSR count). The highest BCUT2D eigenvalue weighted by molar-refractivity contribution is 5.33. The molecule has 1 aromatic carbocycles. The molecule has 1 aromatic rings. The van der Waals surface area contributed by atoms with Gasteiger partial charge in [0, 0.05) is 6.54 Å². The van der Waals surface area contributed by atoms with Crippen molar-refractivity contribution in [1.82, 2.24) is 0 Å². The zero-order valence-corrected chi connectivity index (χ0v) is 10.4. The molecule has 94 valence electrons. The van der Waals surface area contributed by atoms with Crippen LogP contribution in [-0.2, 0) is 16.6 Å². The quantitative estimate of drug-likeness (QED) is 0.807. The van der Waals surface area contributed by atoms with Crippen molar-refractivity contribution in [2.24, 2.45) is 5.73 Å². The van der Waals surface area contributed by atoms with E-state index >= 15 is 0 Å². The Balaban J connectivity index is 2.20. The molecule has 0 spiro atoms. The summed E-state index contributed by atoms with van der Waals surface area (Å²) in [5, 5.41) is 10.0. The second-order valence-corrected chi connectivity index (χ2v) is 4.85. The van der Waals surface area contributed by atoms with Gasteiger partial charge in [-0.15, -0.1) is 0 Å². The Labute approximate surface area is 103 Å². The molecular formula is C14H21NO2. The van der Waals surface area contributed by atoms with Crippen LogP contribution in [0.2, 0.25) is 0 Å². The molecule has 17 heavy (non-hydrogen) atoms. The molecule has 1 fully saturated rings. The Bertz CT molecular complexity index is 357. The average molecular weight is 235 g/mol. The topological polar surface area (TPSA) is 55.5 Å². The zero-order valence-electron chi connectivity index (χ0n) is 10.4. The molecule has 0 aromatic heterocycles. The third kappa shape index (κ3) is 2.23. The predicted molar refractivity (Wildman–Crippen MR) is 68.0 cm³/mol. The van der Waals surface area contributed by atoms with Crippen molar-refractivity contribution in [3.8, 4) is 0 Å². The van der Waals surface area contributed by atoms with Crippen molar-refractivity contribution in [3.63, 3.8) is 0 Å². The van der Waals surface area contributed by atoms with Gasteiger partial charge in [-0.1, -0.05) is 37.6 Å². The fourth-order valence-electron chi connectivity index (χ4n) is 2.39. The summed E-state index contributed by atoms with van der Waals surface area (Å²) in [4.78, 5) is 0. The van der Waals surface area contributed by atoms with E-state index in [1.807, 2.05) is 0 Å². The molecule has 3 heteroatoms. The van der Waals surface area contributed by atoms with Crippen molar-refractivity contribution >= 4 is 0 Å². The van der Waals surface area contributed by atoms with E-state index in [4.69, 9.17) is 10.5 Å². The molecule has 3 nitrogen and oxygen atoms in total. The SMILES string of the molecule is CCCc1ccc(C2(C(O)CN)COC2)cc1. The molecule has 0 radical (unpaired) electrons. The number of hydrogen-bond donors (Lipinski definition) is 2. The van der Waals surface area contributed by atoms with E-state index < -0.39 is 6.10 Å². The zero-order chi connectivity index (χ0) is 12.3. The lowest BCUT2D eigenvalue weighted by Crippen LogP contribution is -2.57. The van der Waals surface area contributed by atoms with Crippen LogP contribution >= 0.6 is 0 Å². The predicted octanol–water partition coefficient (Wildman–Crippen LogP) is 1.23. The Morgan fingerprint density at radius 3 is 2.41 bits per heavy atom. The molecule has 1 heterocycles. The number of aryl methyl sites for hydroxylation is 1. The fraction of sp³-hybridized carbons (Fsp3) is 0.571. The summed E-state index contributed by atoms with van der Waals surface area (Å²) in [6.07, 6.45) is 1.73. The van der Waals surface area contributed by atoms with Crippen molar-refractivity contribution < 1.29 is 9.84 Å². The number of hydrogen-bond acceptors (Lipinski definition) is 3. The van der Waals surface area contributed by atoms with Gasteiger partial charge < -0.3 is 15.6 Å². The van der Waals surface area contributed by atoms with Gasteiger partial charge in [0.2, 0.25) is 0 Å². The summed E-state index contributed by atoms with van der Waals surface area (Å²) in [6.45, 7) is 3.59. The van der Waals surface area contributed by atoms with Crippen LogP contribution in [0.1, 0.15) is 24.5 Å². The molecule has 0 aliphatic carbocycles. The van der Waals surface area contributed by atoms with Crippen LogP contribution in [0.25, 0.3) is 0 Å². The first kappa shape index (κ1) is 12.6. The number of ether oxygens (including phenoxy) is 1. The first-order valence-corrected chi connectivity index (χ1v) is 6.28. The molecule has 0 bridgehead atoms. The van der Waals surface area contributed by atoms with Crippen LogP contribution in [0.5, 0.6) is 0 Å². The van der Waals surface area contributed by atoms with Gasteiger partial charge in [-0.2, -0.15) is 0 Å². The third-order valence-corrected chi connectivity index (χ3v) is 3.65. The maximum absolute atomic E-state index is 10.0. The van der Waals surface area contributed by atoms with E-state index in [0.717, 1.165) is 18.4 Å². The maximum Gasteiger partial charge on any atom is 0.0803 e. The smallest absolute Gasteiger partial charge is 0.0803 e. The van der Waals surface area contributed by atoms with Crippen LogP contribution in [0.15, 0.2) is 24.3 Å². The van der Waals surface area contributed by atoms with E-state index in [9.17, 15) is 5.11 Å². The van der Waals surface area contributed by atoms with E-state index in [-0.39, 0.29) is 12.0 Å². The minimum absolute atomic E-state index is 0.278. The molecule has 1 atom stereocenters. The van der Waals surface area contributed by atoms with Crippen molar-refractivity contribution in [3.05, 3.63) is 35.4 Å². The summed E-state index contributed by atoms with van der Waals surface area (Å²) in [7, 11) is 0. The van der Waals surface area contributed by atoms with E-state index in [1.165, 1.54) is 5.56 Å². The van der Waals surface area contributed by atoms with E-state index in [1.54, 1.807) is 0 Å². The fourth-order valence-corrected chi connectivity index (χ4v) is 2.39. The van der Waals surface area contributed by atoms with Gasteiger partial charge in [0.1, 0.15) is 0 Å². The first-order chi connectivity index (χ1) is 8.23. The molecule has 1 unspecified atom stereocenters. The van der Waals surface area contributed by atoms with Gasteiger partial charge in [0.15, 0.2) is 0 Å². The van der Waals surface area contributed by atoms with Crippen molar-refractivity contribution in [2.75, 3.05) is 19.8 Å². The van der Waals surface area contributed by atoms with Crippen molar-refractivity contribution in [1.29, 1.82) is 0 Å². The highest BCUT2D eigenvalue weighted by atomic mass is 16.5. The minimum atomic E-state index is -0.520. The van der Waals surface area contributed by atoms with E-state index in [0.29, 0.717) is 13.2 Å². The molecule has 1 aliphatic rings. The van der Waals surface area contributed by atoms with Gasteiger partial charge in [-0.3, -0.25) is 0 Å². The molecular weight excluding hydrogens is 214 g/mol. The Kier molecular flexibility index (Phi) is 3.82. The Morgan fingerprint density at radius 1 is 1.35 bits per heavy atom. The molecule has 3 N–H and O–H groups in total. The second-order valence-electron chi connectivity index (χ2n) is 4.85. The standard InChI is InChI=1S/C14H21NO2/c1-2-3-11-4-6-12(7-5-11)14(9-17-10-14)13(16)8-15/h4-7,13,16H,2-3,8-10,15H2,1H3. The lowest BCUT2D eigenvalue weighted by atomic mass is 9.73. The number of aliphatic hydroxyl groups excluding tert-OH is 1. The summed E-state index contributed by atoms with van der Waals surface area (Å²) in [5.74, 6) is 0. The highest BCUT2D eigenvalue weighted by Gasteiger charge is 2.45. The van der Waals surface area contributed by atoms with Gasteiger partial charge >= 0.3 is 0 Å². The van der Waals surface area contributed by atoms with Crippen LogP contribution < -0.4 is 5.73 Å².